The molecule has 0 unspecified atom stereocenters. The summed E-state index contributed by atoms with van der Waals surface area (Å²) in [5, 5.41) is 4.05. The molecule has 0 N–H and O–H groups in total. The Morgan fingerprint density at radius 2 is 2.33 bits per heavy atom. The van der Waals surface area contributed by atoms with Crippen molar-refractivity contribution in [1.82, 2.24) is 9.78 Å². The van der Waals surface area contributed by atoms with E-state index in [4.69, 9.17) is 4.42 Å². The van der Waals surface area contributed by atoms with Gasteiger partial charge in [0.25, 0.3) is 0 Å². The fourth-order valence-electron chi connectivity index (χ4n) is 1.38. The Hall–Kier alpha value is -1.84. The van der Waals surface area contributed by atoms with Crippen molar-refractivity contribution in [2.75, 3.05) is 0 Å². The van der Waals surface area contributed by atoms with E-state index < -0.39 is 0 Å². The van der Waals surface area contributed by atoms with Gasteiger partial charge in [0.15, 0.2) is 5.78 Å². The van der Waals surface area contributed by atoms with Gasteiger partial charge in [-0.3, -0.25) is 9.48 Å². The van der Waals surface area contributed by atoms with E-state index in [1.54, 1.807) is 23.1 Å². The quantitative estimate of drug-likeness (QED) is 0.719. The maximum atomic E-state index is 11.9. The van der Waals surface area contributed by atoms with Crippen molar-refractivity contribution in [2.45, 2.75) is 20.4 Å². The minimum atomic E-state index is -0.0495. The largest absolute Gasteiger partial charge is 0.469 e. The lowest BCUT2D eigenvalue weighted by Crippen LogP contribution is -1.98. The summed E-state index contributed by atoms with van der Waals surface area (Å²) in [6.07, 6.45) is 4.79. The summed E-state index contributed by atoms with van der Waals surface area (Å²) in [5.74, 6) is 0.688. The van der Waals surface area contributed by atoms with Gasteiger partial charge in [0, 0.05) is 12.7 Å². The first-order valence-electron chi connectivity index (χ1n) is 4.83. The van der Waals surface area contributed by atoms with Crippen LogP contribution in [0.2, 0.25) is 0 Å². The lowest BCUT2D eigenvalue weighted by atomic mass is 10.1. The predicted octanol–water partition coefficient (Wildman–Crippen LogP) is 2.04. The Kier molecular flexibility index (Phi) is 2.41. The van der Waals surface area contributed by atoms with Crippen LogP contribution >= 0.6 is 0 Å². The van der Waals surface area contributed by atoms with Gasteiger partial charge in [0.1, 0.15) is 12.0 Å². The van der Waals surface area contributed by atoms with Gasteiger partial charge in [0.2, 0.25) is 0 Å². The highest BCUT2D eigenvalue weighted by Crippen LogP contribution is 2.12. The van der Waals surface area contributed by atoms with Crippen LogP contribution in [0.3, 0.4) is 0 Å². The standard InChI is InChI=1S/C11H12N2O2/c1-3-13-6-10(5-12-13)11(14)9-4-8(2)15-7-9/h4-7H,3H2,1-2H3. The molecule has 15 heavy (non-hydrogen) atoms. The third-order valence-electron chi connectivity index (χ3n) is 2.21. The molecule has 0 aromatic carbocycles. The summed E-state index contributed by atoms with van der Waals surface area (Å²) in [5.41, 5.74) is 1.17. The van der Waals surface area contributed by atoms with E-state index in [0.717, 1.165) is 12.3 Å². The molecule has 0 aliphatic heterocycles. The molecule has 0 aliphatic rings. The fraction of sp³-hybridized carbons (Fsp3) is 0.273. The maximum absolute atomic E-state index is 11.9. The number of carbonyl (C=O) groups is 1. The van der Waals surface area contributed by atoms with Crippen LogP contribution < -0.4 is 0 Å². The average molecular weight is 204 g/mol. The molecule has 0 bridgehead atoms. The SMILES string of the molecule is CCn1cc(C(=O)c2coc(C)c2)cn1. The normalized spacial score (nSPS) is 10.5. The van der Waals surface area contributed by atoms with Crippen LogP contribution in [0.5, 0.6) is 0 Å². The molecular formula is C11H12N2O2. The summed E-state index contributed by atoms with van der Waals surface area (Å²) >= 11 is 0. The first-order chi connectivity index (χ1) is 7.20. The van der Waals surface area contributed by atoms with Crippen LogP contribution in [-0.2, 0) is 6.54 Å². The Morgan fingerprint density at radius 1 is 1.53 bits per heavy atom. The molecule has 0 saturated carbocycles. The van der Waals surface area contributed by atoms with Crippen LogP contribution in [-0.4, -0.2) is 15.6 Å². The summed E-state index contributed by atoms with van der Waals surface area (Å²) in [6, 6.07) is 1.73. The zero-order chi connectivity index (χ0) is 10.8. The second-order valence-corrected chi connectivity index (χ2v) is 3.36. The molecular weight excluding hydrogens is 192 g/mol. The van der Waals surface area contributed by atoms with E-state index >= 15 is 0 Å². The highest BCUT2D eigenvalue weighted by Gasteiger charge is 2.13. The molecule has 0 amide bonds. The van der Waals surface area contributed by atoms with Gasteiger partial charge in [-0.2, -0.15) is 5.10 Å². The number of nitrogens with zero attached hydrogens (tertiary/aromatic N) is 2. The van der Waals surface area contributed by atoms with Crippen LogP contribution in [0.4, 0.5) is 0 Å². The van der Waals surface area contributed by atoms with Crippen molar-refractivity contribution in [3.05, 3.63) is 41.6 Å². The number of furan rings is 1. The van der Waals surface area contributed by atoms with Crippen molar-refractivity contribution < 1.29 is 9.21 Å². The Labute approximate surface area is 87.5 Å². The van der Waals surface area contributed by atoms with E-state index in [9.17, 15) is 4.79 Å². The van der Waals surface area contributed by atoms with Gasteiger partial charge < -0.3 is 4.42 Å². The van der Waals surface area contributed by atoms with Crippen molar-refractivity contribution >= 4 is 5.78 Å². The van der Waals surface area contributed by atoms with Crippen LogP contribution in [0.25, 0.3) is 0 Å². The maximum Gasteiger partial charge on any atom is 0.199 e. The topological polar surface area (TPSA) is 48.0 Å². The second kappa shape index (κ2) is 3.73. The Bertz CT molecular complexity index is 482. The molecule has 0 atom stereocenters. The fourth-order valence-corrected chi connectivity index (χ4v) is 1.38. The molecule has 0 saturated heterocycles. The summed E-state index contributed by atoms with van der Waals surface area (Å²) in [6.45, 7) is 4.55. The van der Waals surface area contributed by atoms with Gasteiger partial charge in [-0.05, 0) is 19.9 Å². The molecule has 0 fully saturated rings. The van der Waals surface area contributed by atoms with E-state index in [0.29, 0.717) is 11.1 Å². The van der Waals surface area contributed by atoms with E-state index in [2.05, 4.69) is 5.10 Å². The number of aromatic nitrogens is 2. The number of carbonyl (C=O) groups excluding carboxylic acids is 1. The first-order valence-corrected chi connectivity index (χ1v) is 4.83. The third kappa shape index (κ3) is 1.83. The molecule has 78 valence electrons. The van der Waals surface area contributed by atoms with E-state index in [1.807, 2.05) is 13.8 Å². The Balaban J connectivity index is 2.28. The zero-order valence-corrected chi connectivity index (χ0v) is 8.73. The third-order valence-corrected chi connectivity index (χ3v) is 2.21. The smallest absolute Gasteiger partial charge is 0.199 e. The number of hydrogen-bond acceptors (Lipinski definition) is 3. The zero-order valence-electron chi connectivity index (χ0n) is 8.73. The lowest BCUT2D eigenvalue weighted by molar-refractivity contribution is 0.103. The number of aryl methyl sites for hydroxylation is 2. The summed E-state index contributed by atoms with van der Waals surface area (Å²) in [4.78, 5) is 11.9. The molecule has 2 heterocycles. The average Bonchev–Trinajstić information content (AvgIpc) is 2.84. The van der Waals surface area contributed by atoms with Gasteiger partial charge in [0.05, 0.1) is 17.3 Å². The molecule has 0 spiro atoms. The van der Waals surface area contributed by atoms with Crippen molar-refractivity contribution in [3.63, 3.8) is 0 Å². The monoisotopic (exact) mass is 204 g/mol. The van der Waals surface area contributed by atoms with Crippen LogP contribution in [0.1, 0.15) is 28.6 Å². The summed E-state index contributed by atoms with van der Waals surface area (Å²) in [7, 11) is 0. The minimum Gasteiger partial charge on any atom is -0.469 e. The minimum absolute atomic E-state index is 0.0495. The van der Waals surface area contributed by atoms with Gasteiger partial charge in [-0.15, -0.1) is 0 Å². The second-order valence-electron chi connectivity index (χ2n) is 3.36. The Morgan fingerprint density at radius 3 is 2.87 bits per heavy atom. The lowest BCUT2D eigenvalue weighted by Gasteiger charge is -1.91. The molecule has 4 nitrogen and oxygen atoms in total. The van der Waals surface area contributed by atoms with E-state index in [-0.39, 0.29) is 5.78 Å². The van der Waals surface area contributed by atoms with Crippen LogP contribution in [0.15, 0.2) is 29.1 Å². The van der Waals surface area contributed by atoms with Crippen molar-refractivity contribution in [1.29, 1.82) is 0 Å². The van der Waals surface area contributed by atoms with Crippen LogP contribution in [0, 0.1) is 6.92 Å². The first kappa shape index (κ1) is 9.71. The van der Waals surface area contributed by atoms with Crippen molar-refractivity contribution in [2.24, 2.45) is 0 Å². The van der Waals surface area contributed by atoms with E-state index in [1.165, 1.54) is 6.26 Å². The highest BCUT2D eigenvalue weighted by molar-refractivity contribution is 6.08. The van der Waals surface area contributed by atoms with Gasteiger partial charge in [-0.1, -0.05) is 0 Å². The van der Waals surface area contributed by atoms with Gasteiger partial charge in [-0.25, -0.2) is 0 Å². The number of hydrogen-bond donors (Lipinski definition) is 0. The molecule has 2 aromatic heterocycles. The molecule has 2 rings (SSSR count). The van der Waals surface area contributed by atoms with Gasteiger partial charge >= 0.3 is 0 Å². The molecule has 4 heteroatoms. The number of rotatable bonds is 3. The molecule has 0 aliphatic carbocycles. The molecule has 2 aromatic rings. The molecule has 0 radical (unpaired) electrons. The number of ketones is 1. The van der Waals surface area contributed by atoms with Crippen molar-refractivity contribution in [3.8, 4) is 0 Å². The highest BCUT2D eigenvalue weighted by atomic mass is 16.3. The predicted molar refractivity (Wildman–Crippen MR) is 54.8 cm³/mol. The summed E-state index contributed by atoms with van der Waals surface area (Å²) < 4.78 is 6.81.